The third-order valence-electron chi connectivity index (χ3n) is 3.52. The van der Waals surface area contributed by atoms with E-state index in [0.717, 1.165) is 0 Å². The van der Waals surface area contributed by atoms with Crippen molar-refractivity contribution in [1.82, 2.24) is 0 Å². The third-order valence-corrected chi connectivity index (χ3v) is 5.93. The fraction of sp³-hybridized carbons (Fsp3) is 0.667. The molecule has 0 saturated carbocycles. The van der Waals surface area contributed by atoms with Crippen molar-refractivity contribution in [1.29, 1.82) is 0 Å². The molecule has 0 aliphatic heterocycles. The highest BCUT2D eigenvalue weighted by molar-refractivity contribution is 8.02. The zero-order valence-electron chi connectivity index (χ0n) is 15.1. The molecule has 0 aliphatic rings. The lowest BCUT2D eigenvalue weighted by molar-refractivity contribution is 0.893. The van der Waals surface area contributed by atoms with Crippen LogP contribution in [0.1, 0.15) is 39.5 Å². The molecular weight excluding hydrogens is 308 g/mol. The predicted octanol–water partition coefficient (Wildman–Crippen LogP) is 5.60. The quantitative estimate of drug-likeness (QED) is 0.403. The predicted molar refractivity (Wildman–Crippen MR) is 106 cm³/mol. The topological polar surface area (TPSA) is 6.48 Å². The minimum absolute atomic E-state index is 1.21. The number of unbranched alkanes of at least 4 members (excludes halogenated alkanes) is 2. The first-order chi connectivity index (χ1) is 10.5. The van der Waals surface area contributed by atoms with Gasteiger partial charge in [-0.3, -0.25) is 0 Å². The van der Waals surface area contributed by atoms with Crippen molar-refractivity contribution >= 4 is 34.9 Å². The van der Waals surface area contributed by atoms with Gasteiger partial charge < -0.3 is 9.80 Å². The lowest BCUT2D eigenvalue weighted by Gasteiger charge is -2.25. The minimum Gasteiger partial charge on any atom is -0.376 e. The zero-order chi connectivity index (χ0) is 16.5. The smallest absolute Gasteiger partial charge is 0.0610 e. The third kappa shape index (κ3) is 5.96. The van der Waals surface area contributed by atoms with Gasteiger partial charge in [-0.2, -0.15) is 0 Å². The Hall–Kier alpha value is -0.480. The number of rotatable bonds is 10. The Morgan fingerprint density at radius 3 is 1.36 bits per heavy atom. The number of hydrogen-bond donors (Lipinski definition) is 0. The first kappa shape index (κ1) is 19.6. The molecular formula is C18H32N2S2. The summed E-state index contributed by atoms with van der Waals surface area (Å²) in [4.78, 5) is 7.34. The van der Waals surface area contributed by atoms with Gasteiger partial charge in [0.2, 0.25) is 0 Å². The normalized spacial score (nSPS) is 10.8. The summed E-state index contributed by atoms with van der Waals surface area (Å²) in [6, 6.07) is 4.76. The van der Waals surface area contributed by atoms with E-state index < -0.39 is 0 Å². The summed E-state index contributed by atoms with van der Waals surface area (Å²) in [6.07, 6.45) is 5.11. The van der Waals surface area contributed by atoms with Crippen LogP contribution in [-0.2, 0) is 0 Å². The second-order valence-corrected chi connectivity index (χ2v) is 8.25. The summed E-state index contributed by atoms with van der Waals surface area (Å²) < 4.78 is 0. The van der Waals surface area contributed by atoms with E-state index in [1.54, 1.807) is 0 Å². The van der Waals surface area contributed by atoms with Crippen molar-refractivity contribution in [2.75, 3.05) is 49.5 Å². The zero-order valence-corrected chi connectivity index (χ0v) is 16.7. The van der Waals surface area contributed by atoms with E-state index in [9.17, 15) is 0 Å². The lowest BCUT2D eigenvalue weighted by atomic mass is 10.2. The van der Waals surface area contributed by atoms with Gasteiger partial charge in [-0.1, -0.05) is 26.7 Å². The van der Waals surface area contributed by atoms with Gasteiger partial charge in [0, 0.05) is 38.0 Å². The highest BCUT2D eigenvalue weighted by Crippen LogP contribution is 2.40. The number of benzene rings is 1. The lowest BCUT2D eigenvalue weighted by Crippen LogP contribution is -2.17. The summed E-state index contributed by atoms with van der Waals surface area (Å²) in [5.41, 5.74) is 2.62. The van der Waals surface area contributed by atoms with Crippen molar-refractivity contribution in [2.24, 2.45) is 0 Å². The highest BCUT2D eigenvalue weighted by Gasteiger charge is 2.13. The molecule has 0 atom stereocenters. The number of thioether (sulfide) groups is 2. The Morgan fingerprint density at radius 2 is 1.09 bits per heavy atom. The molecule has 0 bridgehead atoms. The van der Waals surface area contributed by atoms with Gasteiger partial charge in [0.25, 0.3) is 0 Å². The van der Waals surface area contributed by atoms with Crippen molar-refractivity contribution < 1.29 is 0 Å². The average Bonchev–Trinajstić information content (AvgIpc) is 2.48. The molecule has 0 unspecified atom stereocenters. The van der Waals surface area contributed by atoms with Gasteiger partial charge in [0.1, 0.15) is 0 Å². The average molecular weight is 341 g/mol. The van der Waals surface area contributed by atoms with Gasteiger partial charge in [-0.05, 0) is 36.5 Å². The van der Waals surface area contributed by atoms with E-state index in [1.807, 2.05) is 23.5 Å². The van der Waals surface area contributed by atoms with E-state index in [1.165, 1.54) is 58.4 Å². The second kappa shape index (κ2) is 10.3. The molecule has 0 N–H and O–H groups in total. The van der Waals surface area contributed by atoms with Crippen LogP contribution < -0.4 is 9.80 Å². The molecule has 0 fully saturated rings. The molecule has 1 aromatic carbocycles. The first-order valence-corrected chi connectivity index (χ1v) is 10.3. The molecule has 0 aromatic heterocycles. The SMILES string of the molecule is CCCCSc1cc(N(C)C)c(N(C)C)cc1SCCCC. The maximum Gasteiger partial charge on any atom is 0.0610 e. The van der Waals surface area contributed by atoms with Crippen LogP contribution >= 0.6 is 23.5 Å². The molecule has 4 heteroatoms. The number of hydrogen-bond acceptors (Lipinski definition) is 4. The second-order valence-electron chi connectivity index (χ2n) is 5.98. The molecule has 0 saturated heterocycles. The van der Waals surface area contributed by atoms with Crippen molar-refractivity contribution in [3.05, 3.63) is 12.1 Å². The first-order valence-electron chi connectivity index (χ1n) is 8.29. The standard InChI is InChI=1S/C18H32N2S2/c1-7-9-11-21-17-13-15(19(3)4)16(20(5)6)14-18(17)22-12-10-8-2/h13-14H,7-12H2,1-6H3. The molecule has 2 nitrogen and oxygen atoms in total. The van der Waals surface area contributed by atoms with Gasteiger partial charge >= 0.3 is 0 Å². The number of anilines is 2. The summed E-state index contributed by atoms with van der Waals surface area (Å²) in [6.45, 7) is 4.52. The van der Waals surface area contributed by atoms with E-state index in [2.05, 4.69) is 64.0 Å². The van der Waals surface area contributed by atoms with Crippen molar-refractivity contribution in [2.45, 2.75) is 49.3 Å². The van der Waals surface area contributed by atoms with E-state index >= 15 is 0 Å². The highest BCUT2D eigenvalue weighted by atomic mass is 32.2. The van der Waals surface area contributed by atoms with Crippen LogP contribution in [0.15, 0.2) is 21.9 Å². The fourth-order valence-corrected chi connectivity index (χ4v) is 4.59. The van der Waals surface area contributed by atoms with E-state index in [0.29, 0.717) is 0 Å². The monoisotopic (exact) mass is 340 g/mol. The Bertz CT molecular complexity index is 404. The van der Waals surface area contributed by atoms with E-state index in [4.69, 9.17) is 0 Å². The fourth-order valence-electron chi connectivity index (χ4n) is 2.13. The molecule has 1 aromatic rings. The molecule has 1 rings (SSSR count). The summed E-state index contributed by atoms with van der Waals surface area (Å²) in [5, 5.41) is 0. The maximum absolute atomic E-state index is 2.38. The molecule has 0 aliphatic carbocycles. The molecule has 0 radical (unpaired) electrons. The maximum atomic E-state index is 2.38. The molecule has 0 spiro atoms. The van der Waals surface area contributed by atoms with Crippen molar-refractivity contribution in [3.63, 3.8) is 0 Å². The van der Waals surface area contributed by atoms with Gasteiger partial charge in [0.15, 0.2) is 0 Å². The van der Waals surface area contributed by atoms with Crippen LogP contribution in [0.5, 0.6) is 0 Å². The van der Waals surface area contributed by atoms with Gasteiger partial charge in [-0.15, -0.1) is 23.5 Å². The van der Waals surface area contributed by atoms with E-state index in [-0.39, 0.29) is 0 Å². The minimum atomic E-state index is 1.21. The van der Waals surface area contributed by atoms with Crippen LogP contribution in [0.25, 0.3) is 0 Å². The molecule has 22 heavy (non-hydrogen) atoms. The number of nitrogens with zero attached hydrogens (tertiary/aromatic N) is 2. The van der Waals surface area contributed by atoms with Crippen LogP contribution in [0, 0.1) is 0 Å². The molecule has 126 valence electrons. The van der Waals surface area contributed by atoms with Crippen LogP contribution in [0.4, 0.5) is 11.4 Å². The van der Waals surface area contributed by atoms with Crippen LogP contribution in [0.3, 0.4) is 0 Å². The molecule has 0 amide bonds. The Kier molecular flexibility index (Phi) is 9.18. The van der Waals surface area contributed by atoms with Crippen molar-refractivity contribution in [3.8, 4) is 0 Å². The Labute approximate surface area is 146 Å². The van der Waals surface area contributed by atoms with Gasteiger partial charge in [-0.25, -0.2) is 0 Å². The largest absolute Gasteiger partial charge is 0.376 e. The Morgan fingerprint density at radius 1 is 0.727 bits per heavy atom. The Balaban J connectivity index is 3.09. The summed E-state index contributed by atoms with van der Waals surface area (Å²) in [5.74, 6) is 2.43. The summed E-state index contributed by atoms with van der Waals surface area (Å²) in [7, 11) is 8.53. The van der Waals surface area contributed by atoms with Crippen LogP contribution in [0.2, 0.25) is 0 Å². The summed E-state index contributed by atoms with van der Waals surface area (Å²) >= 11 is 4.03. The molecule has 0 heterocycles. The van der Waals surface area contributed by atoms with Gasteiger partial charge in [0.05, 0.1) is 11.4 Å². The van der Waals surface area contributed by atoms with Crippen LogP contribution in [-0.4, -0.2) is 39.7 Å².